The minimum atomic E-state index is 0.0164. The Bertz CT molecular complexity index is 623. The number of anilines is 2. The number of aromatic amines is 1. The second-order valence-electron chi connectivity index (χ2n) is 4.66. The Morgan fingerprint density at radius 1 is 1.45 bits per heavy atom. The number of nitrogens with zero attached hydrogens (tertiary/aromatic N) is 4. The molecule has 0 radical (unpaired) electrons. The Hall–Kier alpha value is -2.38. The Morgan fingerprint density at radius 3 is 3.20 bits per heavy atom. The molecule has 0 aromatic carbocycles. The van der Waals surface area contributed by atoms with Crippen LogP contribution in [0.4, 0.5) is 11.8 Å². The summed E-state index contributed by atoms with van der Waals surface area (Å²) in [5.74, 6) is 1.31. The highest BCUT2D eigenvalue weighted by molar-refractivity contribution is 5.90. The molecule has 1 amide bonds. The molecular formula is C12H17N7O. The Labute approximate surface area is 116 Å². The molecule has 1 aliphatic rings. The largest absolute Gasteiger partial charge is 0.354 e. The van der Waals surface area contributed by atoms with Crippen molar-refractivity contribution in [2.75, 3.05) is 36.4 Å². The number of amides is 1. The predicted octanol–water partition coefficient (Wildman–Crippen LogP) is 0.111. The number of fused-ring (bicyclic) bond motifs is 1. The summed E-state index contributed by atoms with van der Waals surface area (Å²) in [5, 5.41) is 13.7. The number of carbonyl (C=O) groups is 1. The molecule has 0 saturated carbocycles. The van der Waals surface area contributed by atoms with E-state index in [1.54, 1.807) is 6.20 Å². The lowest BCUT2D eigenvalue weighted by molar-refractivity contribution is -0.119. The maximum Gasteiger partial charge on any atom is 0.239 e. The second kappa shape index (κ2) is 5.32. The number of hydrogen-bond acceptors (Lipinski definition) is 6. The van der Waals surface area contributed by atoms with E-state index >= 15 is 0 Å². The van der Waals surface area contributed by atoms with E-state index in [4.69, 9.17) is 0 Å². The topological polar surface area (TPSA) is 98.8 Å². The molecule has 0 atom stereocenters. The van der Waals surface area contributed by atoms with Gasteiger partial charge in [0.25, 0.3) is 0 Å². The van der Waals surface area contributed by atoms with Crippen LogP contribution in [0.3, 0.4) is 0 Å². The van der Waals surface area contributed by atoms with Crippen LogP contribution in [0.25, 0.3) is 11.0 Å². The van der Waals surface area contributed by atoms with Gasteiger partial charge in [-0.1, -0.05) is 0 Å². The van der Waals surface area contributed by atoms with E-state index in [-0.39, 0.29) is 5.91 Å². The van der Waals surface area contributed by atoms with Crippen molar-refractivity contribution in [2.45, 2.75) is 13.3 Å². The fourth-order valence-electron chi connectivity index (χ4n) is 2.28. The highest BCUT2D eigenvalue weighted by atomic mass is 16.2. The number of aromatic nitrogens is 4. The van der Waals surface area contributed by atoms with Crippen molar-refractivity contribution in [1.82, 2.24) is 25.5 Å². The minimum absolute atomic E-state index is 0.0164. The van der Waals surface area contributed by atoms with E-state index in [0.717, 1.165) is 30.7 Å². The van der Waals surface area contributed by atoms with Crippen LogP contribution in [0.1, 0.15) is 13.3 Å². The van der Waals surface area contributed by atoms with Gasteiger partial charge in [0.05, 0.1) is 18.1 Å². The third-order valence-electron chi connectivity index (χ3n) is 3.19. The summed E-state index contributed by atoms with van der Waals surface area (Å²) >= 11 is 0. The predicted molar refractivity (Wildman–Crippen MR) is 75.7 cm³/mol. The summed E-state index contributed by atoms with van der Waals surface area (Å²) in [4.78, 5) is 22.6. The average Bonchev–Trinajstić information content (AvgIpc) is 2.79. The number of rotatable bonds is 3. The molecule has 106 valence electrons. The van der Waals surface area contributed by atoms with Gasteiger partial charge in [-0.2, -0.15) is 15.1 Å². The number of H-pyrrole nitrogens is 1. The van der Waals surface area contributed by atoms with E-state index in [2.05, 4.69) is 30.8 Å². The molecule has 2 aromatic heterocycles. The molecule has 3 rings (SSSR count). The van der Waals surface area contributed by atoms with E-state index in [1.807, 2.05) is 11.8 Å². The highest BCUT2D eigenvalue weighted by Crippen LogP contribution is 2.24. The van der Waals surface area contributed by atoms with Crippen molar-refractivity contribution in [2.24, 2.45) is 0 Å². The van der Waals surface area contributed by atoms with Crippen molar-refractivity contribution in [3.63, 3.8) is 0 Å². The van der Waals surface area contributed by atoms with E-state index in [0.29, 0.717) is 24.7 Å². The molecule has 0 bridgehead atoms. The molecule has 20 heavy (non-hydrogen) atoms. The number of carbonyl (C=O) groups excluding carboxylic acids is 1. The molecule has 0 spiro atoms. The normalized spacial score (nSPS) is 16.1. The summed E-state index contributed by atoms with van der Waals surface area (Å²) in [7, 11) is 0. The van der Waals surface area contributed by atoms with Gasteiger partial charge in [0.1, 0.15) is 5.82 Å². The van der Waals surface area contributed by atoms with Crippen LogP contribution in [0.5, 0.6) is 0 Å². The number of nitrogens with one attached hydrogen (secondary N) is 3. The van der Waals surface area contributed by atoms with Crippen LogP contribution in [0, 0.1) is 0 Å². The van der Waals surface area contributed by atoms with Gasteiger partial charge in [0.2, 0.25) is 11.9 Å². The Kier molecular flexibility index (Phi) is 3.36. The standard InChI is InChI=1S/C12H17N7O/c1-2-13-12-16-10-8(6-15-18-10)11(17-12)19-5-3-4-14-9(20)7-19/h6H,2-5,7H2,1H3,(H,14,20)(H2,13,15,16,17,18). The molecule has 3 N–H and O–H groups in total. The molecule has 0 aliphatic carbocycles. The van der Waals surface area contributed by atoms with Crippen molar-refractivity contribution >= 4 is 28.7 Å². The molecule has 8 nitrogen and oxygen atoms in total. The first-order valence-corrected chi connectivity index (χ1v) is 6.74. The quantitative estimate of drug-likeness (QED) is 0.735. The SMILES string of the molecule is CCNc1nc(N2CCCNC(=O)C2)c2cn[nH]c2n1. The highest BCUT2D eigenvalue weighted by Gasteiger charge is 2.20. The lowest BCUT2D eigenvalue weighted by Gasteiger charge is -2.21. The van der Waals surface area contributed by atoms with Crippen LogP contribution in [0.2, 0.25) is 0 Å². The van der Waals surface area contributed by atoms with Gasteiger partial charge in [-0.3, -0.25) is 9.89 Å². The van der Waals surface area contributed by atoms with Crippen LogP contribution >= 0.6 is 0 Å². The van der Waals surface area contributed by atoms with Crippen molar-refractivity contribution in [1.29, 1.82) is 0 Å². The summed E-state index contributed by atoms with van der Waals surface area (Å²) in [6.07, 6.45) is 2.59. The lowest BCUT2D eigenvalue weighted by atomic mass is 10.3. The van der Waals surface area contributed by atoms with E-state index in [1.165, 1.54) is 0 Å². The Balaban J connectivity index is 2.03. The van der Waals surface area contributed by atoms with Gasteiger partial charge in [-0.25, -0.2) is 0 Å². The third kappa shape index (κ3) is 2.36. The molecule has 3 heterocycles. The summed E-state index contributed by atoms with van der Waals surface area (Å²) in [5.41, 5.74) is 0.676. The van der Waals surface area contributed by atoms with E-state index < -0.39 is 0 Å². The smallest absolute Gasteiger partial charge is 0.239 e. The van der Waals surface area contributed by atoms with Crippen LogP contribution < -0.4 is 15.5 Å². The van der Waals surface area contributed by atoms with Gasteiger partial charge in [0, 0.05) is 19.6 Å². The molecular weight excluding hydrogens is 258 g/mol. The maximum atomic E-state index is 11.7. The van der Waals surface area contributed by atoms with E-state index in [9.17, 15) is 4.79 Å². The lowest BCUT2D eigenvalue weighted by Crippen LogP contribution is -2.33. The van der Waals surface area contributed by atoms with Crippen LogP contribution in [-0.2, 0) is 4.79 Å². The van der Waals surface area contributed by atoms with Gasteiger partial charge in [-0.15, -0.1) is 0 Å². The van der Waals surface area contributed by atoms with Gasteiger partial charge in [0.15, 0.2) is 5.65 Å². The van der Waals surface area contributed by atoms with Gasteiger partial charge >= 0.3 is 0 Å². The first kappa shape index (κ1) is 12.6. The first-order valence-electron chi connectivity index (χ1n) is 6.74. The summed E-state index contributed by atoms with van der Waals surface area (Å²) < 4.78 is 0. The minimum Gasteiger partial charge on any atom is -0.354 e. The molecule has 0 unspecified atom stereocenters. The summed E-state index contributed by atoms with van der Waals surface area (Å²) in [6.45, 7) is 4.51. The van der Waals surface area contributed by atoms with Gasteiger partial charge in [-0.05, 0) is 13.3 Å². The fourth-order valence-corrected chi connectivity index (χ4v) is 2.28. The van der Waals surface area contributed by atoms with Crippen molar-refractivity contribution in [3.05, 3.63) is 6.20 Å². The van der Waals surface area contributed by atoms with Crippen molar-refractivity contribution < 1.29 is 4.79 Å². The molecule has 1 fully saturated rings. The zero-order valence-electron chi connectivity index (χ0n) is 11.3. The zero-order valence-corrected chi connectivity index (χ0v) is 11.3. The molecule has 2 aromatic rings. The number of hydrogen-bond donors (Lipinski definition) is 3. The maximum absolute atomic E-state index is 11.7. The monoisotopic (exact) mass is 275 g/mol. The fraction of sp³-hybridized carbons (Fsp3) is 0.500. The second-order valence-corrected chi connectivity index (χ2v) is 4.66. The average molecular weight is 275 g/mol. The zero-order chi connectivity index (χ0) is 13.9. The van der Waals surface area contributed by atoms with Crippen molar-refractivity contribution in [3.8, 4) is 0 Å². The first-order chi connectivity index (χ1) is 9.78. The molecule has 1 aliphatic heterocycles. The summed E-state index contributed by atoms with van der Waals surface area (Å²) in [6, 6.07) is 0. The Morgan fingerprint density at radius 2 is 2.35 bits per heavy atom. The molecule has 8 heteroatoms. The third-order valence-corrected chi connectivity index (χ3v) is 3.19. The van der Waals surface area contributed by atoms with Gasteiger partial charge < -0.3 is 15.5 Å². The van der Waals surface area contributed by atoms with Crippen LogP contribution in [-0.4, -0.2) is 52.3 Å². The van der Waals surface area contributed by atoms with Crippen LogP contribution in [0.15, 0.2) is 6.20 Å². The molecule has 1 saturated heterocycles.